The molecule has 3 rings (SSSR count). The maximum Gasteiger partial charge on any atom is 0.403 e. The molecule has 1 aliphatic carbocycles. The molecule has 2 N–H and O–H groups in total. The SMILES string of the molecule is O=C(N1CC2(CCNC2)C1CO)C1(C(F)(F)F)CC1. The molecule has 3 aliphatic rings. The molecule has 108 valence electrons. The predicted molar refractivity (Wildman–Crippen MR) is 60.2 cm³/mol. The second-order valence-corrected chi connectivity index (χ2v) is 6.00. The zero-order chi connectivity index (χ0) is 13.9. The summed E-state index contributed by atoms with van der Waals surface area (Å²) in [5.41, 5.74) is -2.37. The minimum Gasteiger partial charge on any atom is -0.394 e. The fourth-order valence-corrected chi connectivity index (χ4v) is 3.48. The van der Waals surface area contributed by atoms with Gasteiger partial charge in [0.15, 0.2) is 0 Å². The van der Waals surface area contributed by atoms with E-state index in [4.69, 9.17) is 0 Å². The second kappa shape index (κ2) is 3.85. The average Bonchev–Trinajstić information content (AvgIpc) is 2.98. The van der Waals surface area contributed by atoms with Crippen LogP contribution in [-0.4, -0.2) is 54.4 Å². The molecule has 2 heterocycles. The fourth-order valence-electron chi connectivity index (χ4n) is 3.48. The van der Waals surface area contributed by atoms with Crippen LogP contribution >= 0.6 is 0 Å². The van der Waals surface area contributed by atoms with Crippen molar-refractivity contribution in [3.63, 3.8) is 0 Å². The van der Waals surface area contributed by atoms with Crippen molar-refractivity contribution in [2.75, 3.05) is 26.2 Å². The Kier molecular flexibility index (Phi) is 2.67. The van der Waals surface area contributed by atoms with Crippen LogP contribution in [-0.2, 0) is 4.79 Å². The van der Waals surface area contributed by atoms with Gasteiger partial charge in [-0.05, 0) is 25.8 Å². The number of nitrogens with zero attached hydrogens (tertiary/aromatic N) is 1. The van der Waals surface area contributed by atoms with Crippen LogP contribution in [0.3, 0.4) is 0 Å². The van der Waals surface area contributed by atoms with E-state index in [2.05, 4.69) is 5.32 Å². The van der Waals surface area contributed by atoms with E-state index in [-0.39, 0.29) is 24.9 Å². The molecule has 0 aromatic heterocycles. The number of carbonyl (C=O) groups is 1. The number of aliphatic hydroxyl groups is 1. The van der Waals surface area contributed by atoms with Gasteiger partial charge in [-0.2, -0.15) is 13.2 Å². The van der Waals surface area contributed by atoms with Crippen molar-refractivity contribution in [3.05, 3.63) is 0 Å². The molecule has 1 amide bonds. The Morgan fingerprint density at radius 2 is 2.05 bits per heavy atom. The molecule has 19 heavy (non-hydrogen) atoms. The lowest BCUT2D eigenvalue weighted by Crippen LogP contribution is -2.70. The Morgan fingerprint density at radius 3 is 2.47 bits per heavy atom. The smallest absolute Gasteiger partial charge is 0.394 e. The predicted octanol–water partition coefficient (Wildman–Crippen LogP) is 0.512. The molecule has 0 aromatic rings. The molecule has 3 fully saturated rings. The number of hydrogen-bond donors (Lipinski definition) is 2. The Bertz CT molecular complexity index is 400. The van der Waals surface area contributed by atoms with Gasteiger partial charge in [0.25, 0.3) is 0 Å². The maximum atomic E-state index is 12.9. The topological polar surface area (TPSA) is 52.6 Å². The molecule has 2 unspecified atom stereocenters. The molecule has 4 nitrogen and oxygen atoms in total. The summed E-state index contributed by atoms with van der Waals surface area (Å²) in [7, 11) is 0. The third kappa shape index (κ3) is 1.64. The van der Waals surface area contributed by atoms with Crippen LogP contribution in [0, 0.1) is 10.8 Å². The number of carbonyl (C=O) groups excluding carboxylic acids is 1. The standard InChI is InChI=1S/C12H17F3N2O2/c13-12(14,15)11(1-2-11)9(19)17-7-10(8(17)5-18)3-4-16-6-10/h8,16,18H,1-7H2. The lowest BCUT2D eigenvalue weighted by atomic mass is 9.70. The maximum absolute atomic E-state index is 12.9. The number of rotatable bonds is 2. The van der Waals surface area contributed by atoms with Gasteiger partial charge < -0.3 is 15.3 Å². The van der Waals surface area contributed by atoms with E-state index in [0.29, 0.717) is 13.1 Å². The molecule has 0 aromatic carbocycles. The average molecular weight is 278 g/mol. The third-order valence-corrected chi connectivity index (χ3v) is 4.98. The fraction of sp³-hybridized carbons (Fsp3) is 0.917. The van der Waals surface area contributed by atoms with Crippen molar-refractivity contribution in [2.45, 2.75) is 31.5 Å². The van der Waals surface area contributed by atoms with Crippen LogP contribution in [0.25, 0.3) is 0 Å². The number of hydrogen-bond acceptors (Lipinski definition) is 3. The van der Waals surface area contributed by atoms with Gasteiger partial charge in [0.1, 0.15) is 5.41 Å². The molecule has 0 bridgehead atoms. The van der Waals surface area contributed by atoms with Crippen LogP contribution < -0.4 is 5.32 Å². The molecule has 1 spiro atoms. The van der Waals surface area contributed by atoms with Gasteiger partial charge in [-0.25, -0.2) is 0 Å². The highest BCUT2D eigenvalue weighted by molar-refractivity contribution is 5.87. The van der Waals surface area contributed by atoms with E-state index < -0.39 is 23.5 Å². The minimum atomic E-state index is -4.47. The Hall–Kier alpha value is -0.820. The van der Waals surface area contributed by atoms with Crippen LogP contribution in [0.15, 0.2) is 0 Å². The van der Waals surface area contributed by atoms with Crippen molar-refractivity contribution < 1.29 is 23.1 Å². The van der Waals surface area contributed by atoms with Crippen LogP contribution in [0.1, 0.15) is 19.3 Å². The zero-order valence-corrected chi connectivity index (χ0v) is 10.5. The van der Waals surface area contributed by atoms with Gasteiger partial charge in [-0.1, -0.05) is 0 Å². The summed E-state index contributed by atoms with van der Waals surface area (Å²) < 4.78 is 38.8. The summed E-state index contributed by atoms with van der Waals surface area (Å²) in [6, 6.07) is -0.463. The number of aliphatic hydroxyl groups excluding tert-OH is 1. The lowest BCUT2D eigenvalue weighted by Gasteiger charge is -2.56. The number of alkyl halides is 3. The van der Waals surface area contributed by atoms with Crippen molar-refractivity contribution >= 4 is 5.91 Å². The Labute approximate surface area is 108 Å². The summed E-state index contributed by atoms with van der Waals surface area (Å²) >= 11 is 0. The molecule has 2 saturated heterocycles. The van der Waals surface area contributed by atoms with Gasteiger partial charge in [0.05, 0.1) is 12.6 Å². The van der Waals surface area contributed by atoms with Crippen molar-refractivity contribution in [1.29, 1.82) is 0 Å². The zero-order valence-electron chi connectivity index (χ0n) is 10.5. The molecule has 0 radical (unpaired) electrons. The third-order valence-electron chi connectivity index (χ3n) is 4.98. The first-order valence-corrected chi connectivity index (χ1v) is 6.56. The summed E-state index contributed by atoms with van der Waals surface area (Å²) in [4.78, 5) is 13.4. The van der Waals surface area contributed by atoms with E-state index in [9.17, 15) is 23.1 Å². The molecule has 2 atom stereocenters. The molecule has 2 aliphatic heterocycles. The number of nitrogens with one attached hydrogen (secondary N) is 1. The van der Waals surface area contributed by atoms with Gasteiger partial charge >= 0.3 is 6.18 Å². The van der Waals surface area contributed by atoms with Gasteiger partial charge in [0.2, 0.25) is 5.91 Å². The highest BCUT2D eigenvalue weighted by Gasteiger charge is 2.71. The summed E-state index contributed by atoms with van der Waals surface area (Å²) in [5.74, 6) is -0.837. The van der Waals surface area contributed by atoms with Crippen LogP contribution in [0.4, 0.5) is 13.2 Å². The summed E-state index contributed by atoms with van der Waals surface area (Å²) in [6.45, 7) is 1.53. The first kappa shape index (κ1) is 13.2. The minimum absolute atomic E-state index is 0.116. The highest BCUT2D eigenvalue weighted by atomic mass is 19.4. The number of likely N-dealkylation sites (tertiary alicyclic amines) is 1. The van der Waals surface area contributed by atoms with E-state index >= 15 is 0 Å². The second-order valence-electron chi connectivity index (χ2n) is 6.00. The molecular formula is C12H17F3N2O2. The first-order valence-electron chi connectivity index (χ1n) is 6.56. The monoisotopic (exact) mass is 278 g/mol. The first-order chi connectivity index (χ1) is 8.86. The molecule has 7 heteroatoms. The molecule has 1 saturated carbocycles. The Morgan fingerprint density at radius 1 is 1.37 bits per heavy atom. The highest BCUT2D eigenvalue weighted by Crippen LogP contribution is 2.60. The van der Waals surface area contributed by atoms with Crippen LogP contribution in [0.2, 0.25) is 0 Å². The van der Waals surface area contributed by atoms with Crippen molar-refractivity contribution in [2.24, 2.45) is 10.8 Å². The van der Waals surface area contributed by atoms with Gasteiger partial charge in [-0.15, -0.1) is 0 Å². The Balaban J connectivity index is 1.76. The lowest BCUT2D eigenvalue weighted by molar-refractivity contribution is -0.210. The van der Waals surface area contributed by atoms with E-state index in [0.717, 1.165) is 13.0 Å². The van der Waals surface area contributed by atoms with Gasteiger partial charge in [0, 0.05) is 18.5 Å². The van der Waals surface area contributed by atoms with E-state index in [1.165, 1.54) is 4.90 Å². The van der Waals surface area contributed by atoms with Crippen LogP contribution in [0.5, 0.6) is 0 Å². The van der Waals surface area contributed by atoms with Crippen molar-refractivity contribution in [1.82, 2.24) is 10.2 Å². The number of amides is 1. The summed E-state index contributed by atoms with van der Waals surface area (Å²) in [5, 5.41) is 12.6. The van der Waals surface area contributed by atoms with Gasteiger partial charge in [-0.3, -0.25) is 4.79 Å². The molecular weight excluding hydrogens is 261 g/mol. The van der Waals surface area contributed by atoms with Crippen molar-refractivity contribution in [3.8, 4) is 0 Å². The normalized spacial score (nSPS) is 36.4. The summed E-state index contributed by atoms with van der Waals surface area (Å²) in [6.07, 6.45) is -3.90. The van der Waals surface area contributed by atoms with E-state index in [1.54, 1.807) is 0 Å². The number of halogens is 3. The van der Waals surface area contributed by atoms with E-state index in [1.807, 2.05) is 0 Å². The largest absolute Gasteiger partial charge is 0.403 e. The quantitative estimate of drug-likeness (QED) is 0.774.